The number of benzene rings is 2. The number of methoxy groups -OCH3 is 2. The number of aryl methyl sites for hydroxylation is 2. The zero-order valence-corrected chi connectivity index (χ0v) is 23.2. The highest BCUT2D eigenvalue weighted by Crippen LogP contribution is 2.58. The number of nitrogens with zero attached hydrogens (tertiary/aromatic N) is 3. The molecule has 7 heteroatoms. The largest absolute Gasteiger partial charge is 0.497 e. The van der Waals surface area contributed by atoms with Gasteiger partial charge in [0.25, 0.3) is 5.91 Å². The smallest absolute Gasteiger partial charge is 0.321 e. The average molecular weight is 506 g/mol. The van der Waals surface area contributed by atoms with Gasteiger partial charge in [-0.05, 0) is 64.3 Å². The van der Waals surface area contributed by atoms with Gasteiger partial charge in [-0.15, -0.1) is 0 Å². The second kappa shape index (κ2) is 8.96. The zero-order valence-electron chi connectivity index (χ0n) is 23.2. The Morgan fingerprint density at radius 1 is 1.03 bits per heavy atom. The highest BCUT2D eigenvalue weighted by Gasteiger charge is 2.68. The Morgan fingerprint density at radius 2 is 1.68 bits per heavy atom. The molecular formula is C30H39N3O4. The van der Waals surface area contributed by atoms with Crippen LogP contribution in [0.25, 0.3) is 0 Å². The Hall–Kier alpha value is -3.22. The molecule has 3 aliphatic rings. The molecule has 5 rings (SSSR count). The summed E-state index contributed by atoms with van der Waals surface area (Å²) in [5.74, 6) is 1.66. The maximum absolute atomic E-state index is 13.9. The van der Waals surface area contributed by atoms with Crippen LogP contribution in [-0.4, -0.2) is 71.6 Å². The van der Waals surface area contributed by atoms with Crippen LogP contribution in [0.5, 0.6) is 11.5 Å². The van der Waals surface area contributed by atoms with Crippen molar-refractivity contribution in [3.05, 3.63) is 58.1 Å². The van der Waals surface area contributed by atoms with Crippen LogP contribution in [0, 0.1) is 13.8 Å². The molecule has 0 N–H and O–H groups in total. The second-order valence-electron chi connectivity index (χ2n) is 11.1. The SMILES string of the molecule is CCN1C(=O)N2Cc3cc(OC)cc(OC)c3[C@@H](C)C2(C)C12CCN(C(=O)c1cc(C)cc(C)c1)CC2. The van der Waals surface area contributed by atoms with Crippen LogP contribution in [0.15, 0.2) is 30.3 Å². The predicted molar refractivity (Wildman–Crippen MR) is 143 cm³/mol. The summed E-state index contributed by atoms with van der Waals surface area (Å²) in [4.78, 5) is 33.5. The number of likely N-dealkylation sites (N-methyl/N-ethyl adjacent to an activating group) is 1. The van der Waals surface area contributed by atoms with E-state index in [1.54, 1.807) is 14.2 Å². The van der Waals surface area contributed by atoms with E-state index < -0.39 is 5.54 Å². The van der Waals surface area contributed by atoms with Gasteiger partial charge in [0, 0.05) is 49.3 Å². The van der Waals surface area contributed by atoms with Crippen LogP contribution in [0.4, 0.5) is 4.79 Å². The topological polar surface area (TPSA) is 62.3 Å². The van der Waals surface area contributed by atoms with E-state index in [0.717, 1.165) is 52.2 Å². The molecule has 7 nitrogen and oxygen atoms in total. The molecule has 0 aromatic heterocycles. The fourth-order valence-corrected chi connectivity index (χ4v) is 7.51. The molecule has 3 amide bonds. The van der Waals surface area contributed by atoms with Gasteiger partial charge in [-0.1, -0.05) is 24.1 Å². The van der Waals surface area contributed by atoms with Crippen LogP contribution in [0.3, 0.4) is 0 Å². The molecule has 3 heterocycles. The fraction of sp³-hybridized carbons (Fsp3) is 0.533. The number of carbonyl (C=O) groups is 2. The molecule has 2 atom stereocenters. The maximum Gasteiger partial charge on any atom is 0.321 e. The van der Waals surface area contributed by atoms with Crippen LogP contribution in [0.2, 0.25) is 0 Å². The number of rotatable bonds is 4. The highest BCUT2D eigenvalue weighted by atomic mass is 16.5. The fourth-order valence-electron chi connectivity index (χ4n) is 7.51. The summed E-state index contributed by atoms with van der Waals surface area (Å²) in [5, 5.41) is 0. The number of amides is 3. The van der Waals surface area contributed by atoms with Gasteiger partial charge in [0.15, 0.2) is 0 Å². The second-order valence-corrected chi connectivity index (χ2v) is 11.1. The summed E-state index contributed by atoms with van der Waals surface area (Å²) >= 11 is 0. The van der Waals surface area contributed by atoms with E-state index in [-0.39, 0.29) is 23.4 Å². The summed E-state index contributed by atoms with van der Waals surface area (Å²) in [6, 6.07) is 10.1. The third-order valence-electron chi connectivity index (χ3n) is 9.41. The lowest BCUT2D eigenvalue weighted by Gasteiger charge is -2.56. The van der Waals surface area contributed by atoms with E-state index >= 15 is 0 Å². The van der Waals surface area contributed by atoms with E-state index in [9.17, 15) is 9.59 Å². The number of piperidine rings is 1. The molecule has 198 valence electrons. The first-order valence-corrected chi connectivity index (χ1v) is 13.3. The number of hydrogen-bond acceptors (Lipinski definition) is 4. The molecule has 0 radical (unpaired) electrons. The Bertz CT molecular complexity index is 1230. The molecule has 37 heavy (non-hydrogen) atoms. The van der Waals surface area contributed by atoms with Crippen LogP contribution in [-0.2, 0) is 6.54 Å². The van der Waals surface area contributed by atoms with E-state index in [2.05, 4.69) is 36.6 Å². The number of fused-ring (bicyclic) bond motifs is 3. The molecule has 2 saturated heterocycles. The molecule has 2 aromatic carbocycles. The van der Waals surface area contributed by atoms with Crippen molar-refractivity contribution in [2.75, 3.05) is 33.9 Å². The Morgan fingerprint density at radius 3 is 2.24 bits per heavy atom. The van der Waals surface area contributed by atoms with Gasteiger partial charge in [-0.2, -0.15) is 0 Å². The van der Waals surface area contributed by atoms with E-state index in [0.29, 0.717) is 26.2 Å². The molecule has 2 fully saturated rings. The summed E-state index contributed by atoms with van der Waals surface area (Å²) in [6.07, 6.45) is 1.49. The first kappa shape index (κ1) is 25.4. The number of hydrogen-bond donors (Lipinski definition) is 0. The molecule has 0 saturated carbocycles. The van der Waals surface area contributed by atoms with Gasteiger partial charge in [-0.25, -0.2) is 4.79 Å². The minimum atomic E-state index is -0.440. The third kappa shape index (κ3) is 3.53. The average Bonchev–Trinajstić information content (AvgIpc) is 3.06. The maximum atomic E-state index is 13.9. The Kier molecular flexibility index (Phi) is 6.16. The Balaban J connectivity index is 1.52. The van der Waals surface area contributed by atoms with Crippen molar-refractivity contribution in [2.24, 2.45) is 0 Å². The van der Waals surface area contributed by atoms with E-state index in [1.165, 1.54) is 0 Å². The Labute approximate surface area is 220 Å². The molecular weight excluding hydrogens is 466 g/mol. The number of likely N-dealkylation sites (tertiary alicyclic amines) is 1. The van der Waals surface area contributed by atoms with Crippen molar-refractivity contribution in [2.45, 2.75) is 71.0 Å². The van der Waals surface area contributed by atoms with Crippen molar-refractivity contribution < 1.29 is 19.1 Å². The highest BCUT2D eigenvalue weighted by molar-refractivity contribution is 5.94. The summed E-state index contributed by atoms with van der Waals surface area (Å²) < 4.78 is 11.4. The lowest BCUT2D eigenvalue weighted by molar-refractivity contribution is -0.0128. The number of ether oxygens (including phenoxy) is 2. The van der Waals surface area contributed by atoms with Gasteiger partial charge in [0.1, 0.15) is 11.5 Å². The van der Waals surface area contributed by atoms with Crippen molar-refractivity contribution in [3.8, 4) is 11.5 Å². The minimum Gasteiger partial charge on any atom is -0.497 e. The molecule has 1 spiro atoms. The van der Waals surface area contributed by atoms with Crippen LogP contribution >= 0.6 is 0 Å². The van der Waals surface area contributed by atoms with Crippen molar-refractivity contribution >= 4 is 11.9 Å². The zero-order chi connectivity index (χ0) is 26.7. The normalized spacial score (nSPS) is 24.2. The first-order chi connectivity index (χ1) is 17.6. The molecule has 3 aliphatic heterocycles. The number of carbonyl (C=O) groups excluding carboxylic acids is 2. The first-order valence-electron chi connectivity index (χ1n) is 13.3. The van der Waals surface area contributed by atoms with Gasteiger partial charge in [0.05, 0.1) is 25.3 Å². The quantitative estimate of drug-likeness (QED) is 0.578. The predicted octanol–water partition coefficient (Wildman–Crippen LogP) is 5.13. The summed E-state index contributed by atoms with van der Waals surface area (Å²) in [6.45, 7) is 13.0. The van der Waals surface area contributed by atoms with Gasteiger partial charge < -0.3 is 24.2 Å². The van der Waals surface area contributed by atoms with Crippen LogP contribution in [0.1, 0.15) is 72.1 Å². The van der Waals surface area contributed by atoms with Crippen LogP contribution < -0.4 is 9.47 Å². The van der Waals surface area contributed by atoms with Crippen molar-refractivity contribution in [3.63, 3.8) is 0 Å². The standard InChI is InChI=1S/C30H39N3O4/c1-8-32-28(35)33-18-23-16-24(36-6)17-25(37-7)26(23)21(4)29(33,5)30(32)9-11-31(12-10-30)27(34)22-14-19(2)13-20(3)15-22/h13-17,21H,8-12,18H2,1-7H3/t21-,29?/m1/s1. The lowest BCUT2D eigenvalue weighted by Crippen LogP contribution is -2.67. The number of urea groups is 1. The lowest BCUT2D eigenvalue weighted by atomic mass is 9.61. The molecule has 2 aromatic rings. The monoisotopic (exact) mass is 505 g/mol. The molecule has 1 unspecified atom stereocenters. The third-order valence-corrected chi connectivity index (χ3v) is 9.41. The minimum absolute atomic E-state index is 0.0410. The van der Waals surface area contributed by atoms with E-state index in [4.69, 9.17) is 9.47 Å². The summed E-state index contributed by atoms with van der Waals surface area (Å²) in [7, 11) is 3.35. The van der Waals surface area contributed by atoms with Crippen molar-refractivity contribution in [1.82, 2.24) is 14.7 Å². The van der Waals surface area contributed by atoms with Crippen molar-refractivity contribution in [1.29, 1.82) is 0 Å². The van der Waals surface area contributed by atoms with Gasteiger partial charge >= 0.3 is 6.03 Å². The molecule has 0 aliphatic carbocycles. The molecule has 0 bridgehead atoms. The van der Waals surface area contributed by atoms with Gasteiger partial charge in [-0.3, -0.25) is 4.79 Å². The summed E-state index contributed by atoms with van der Waals surface area (Å²) in [5.41, 5.74) is 4.35. The van der Waals surface area contributed by atoms with Gasteiger partial charge in [0.2, 0.25) is 0 Å². The van der Waals surface area contributed by atoms with E-state index in [1.807, 2.05) is 43.0 Å².